The van der Waals surface area contributed by atoms with Crippen LogP contribution in [-0.2, 0) is 29.5 Å². The zero-order valence-corrected chi connectivity index (χ0v) is 21.4. The minimum atomic E-state index is -3.48. The summed E-state index contributed by atoms with van der Waals surface area (Å²) in [5, 5.41) is 0. The first kappa shape index (κ1) is 23.9. The van der Waals surface area contributed by atoms with Crippen LogP contribution in [0.5, 0.6) is 0 Å². The molecule has 0 saturated carbocycles. The van der Waals surface area contributed by atoms with Crippen LogP contribution in [0, 0.1) is 0 Å². The standard InChI is InChI=1S/C24H30BrN5O2S/c1-28(2)10-11-33(31,32)30-15-20-13-21(25)8-9-24(20)29(16-22-14-26-18-27-22)17-23(30)12-19-6-4-3-5-7-19/h3-9,13-14,18,23H,10-12,15-17H2,1-2H3,(H,26,27). The summed E-state index contributed by atoms with van der Waals surface area (Å²) in [4.78, 5) is 11.5. The predicted octanol–water partition coefficient (Wildman–Crippen LogP) is 3.50. The van der Waals surface area contributed by atoms with Gasteiger partial charge in [0, 0.05) is 42.0 Å². The fourth-order valence-electron chi connectivity index (χ4n) is 4.25. The highest BCUT2D eigenvalue weighted by molar-refractivity contribution is 9.10. The fraction of sp³-hybridized carbons (Fsp3) is 0.375. The van der Waals surface area contributed by atoms with Crippen LogP contribution in [0.15, 0.2) is 65.5 Å². The lowest BCUT2D eigenvalue weighted by atomic mass is 10.1. The number of aromatic nitrogens is 2. The summed E-state index contributed by atoms with van der Waals surface area (Å²) in [6, 6.07) is 16.1. The fourth-order valence-corrected chi connectivity index (χ4v) is 6.42. The molecule has 0 bridgehead atoms. The van der Waals surface area contributed by atoms with Crippen LogP contribution in [0.2, 0.25) is 0 Å². The number of imidazole rings is 1. The summed E-state index contributed by atoms with van der Waals surface area (Å²) in [6.07, 6.45) is 4.15. The van der Waals surface area contributed by atoms with E-state index in [2.05, 4.69) is 49.0 Å². The van der Waals surface area contributed by atoms with Crippen molar-refractivity contribution >= 4 is 31.6 Å². The summed E-state index contributed by atoms with van der Waals surface area (Å²) in [5.41, 5.74) is 4.17. The van der Waals surface area contributed by atoms with Gasteiger partial charge in [-0.3, -0.25) is 0 Å². The second kappa shape index (κ2) is 10.4. The van der Waals surface area contributed by atoms with Crippen LogP contribution in [0.25, 0.3) is 0 Å². The van der Waals surface area contributed by atoms with Gasteiger partial charge in [-0.15, -0.1) is 0 Å². The number of H-pyrrole nitrogens is 1. The molecule has 0 radical (unpaired) electrons. The highest BCUT2D eigenvalue weighted by Gasteiger charge is 2.35. The molecular formula is C24H30BrN5O2S. The summed E-state index contributed by atoms with van der Waals surface area (Å²) in [5.74, 6) is 0.0924. The van der Waals surface area contributed by atoms with Crippen LogP contribution in [0.3, 0.4) is 0 Å². The van der Waals surface area contributed by atoms with E-state index in [1.165, 1.54) is 0 Å². The first-order valence-corrected chi connectivity index (χ1v) is 13.4. The molecule has 33 heavy (non-hydrogen) atoms. The Bertz CT molecular complexity index is 1150. The lowest BCUT2D eigenvalue weighted by Crippen LogP contribution is -2.47. The first-order chi connectivity index (χ1) is 15.8. The molecule has 2 heterocycles. The smallest absolute Gasteiger partial charge is 0.215 e. The maximum Gasteiger partial charge on any atom is 0.215 e. The minimum Gasteiger partial charge on any atom is -0.364 e. The molecule has 9 heteroatoms. The monoisotopic (exact) mass is 531 g/mol. The van der Waals surface area contributed by atoms with Crippen LogP contribution < -0.4 is 4.90 Å². The number of fused-ring (bicyclic) bond motifs is 1. The molecule has 7 nitrogen and oxygen atoms in total. The highest BCUT2D eigenvalue weighted by Crippen LogP contribution is 2.33. The lowest BCUT2D eigenvalue weighted by molar-refractivity contribution is 0.314. The van der Waals surface area contributed by atoms with E-state index in [0.717, 1.165) is 27.0 Å². The number of sulfonamides is 1. The lowest BCUT2D eigenvalue weighted by Gasteiger charge is -2.32. The van der Waals surface area contributed by atoms with Crippen molar-refractivity contribution in [3.63, 3.8) is 0 Å². The molecule has 0 saturated heterocycles. The third-order valence-corrected chi connectivity index (χ3v) is 8.26. The van der Waals surface area contributed by atoms with Gasteiger partial charge in [-0.2, -0.15) is 4.31 Å². The number of hydrogen-bond donors (Lipinski definition) is 1. The van der Waals surface area contributed by atoms with Gasteiger partial charge in [-0.1, -0.05) is 46.3 Å². The molecule has 0 fully saturated rings. The second-order valence-electron chi connectivity index (χ2n) is 8.74. The largest absolute Gasteiger partial charge is 0.364 e. The molecule has 0 aliphatic carbocycles. The van der Waals surface area contributed by atoms with E-state index in [-0.39, 0.29) is 11.8 Å². The summed E-state index contributed by atoms with van der Waals surface area (Å²) in [6.45, 7) is 2.05. The summed E-state index contributed by atoms with van der Waals surface area (Å²) >= 11 is 3.58. The number of anilines is 1. The van der Waals surface area contributed by atoms with Crippen LogP contribution in [0.1, 0.15) is 16.8 Å². The van der Waals surface area contributed by atoms with Gasteiger partial charge in [0.2, 0.25) is 10.0 Å². The third-order valence-electron chi connectivity index (χ3n) is 5.93. The molecular weight excluding hydrogens is 502 g/mol. The number of rotatable bonds is 8. The van der Waals surface area contributed by atoms with Gasteiger partial charge in [0.25, 0.3) is 0 Å². The predicted molar refractivity (Wildman–Crippen MR) is 136 cm³/mol. The number of halogens is 1. The van der Waals surface area contributed by atoms with E-state index in [4.69, 9.17) is 0 Å². The zero-order chi connectivity index (χ0) is 23.4. The van der Waals surface area contributed by atoms with E-state index < -0.39 is 10.0 Å². The van der Waals surface area contributed by atoms with Crippen LogP contribution in [-0.4, -0.2) is 66.6 Å². The normalized spacial score (nSPS) is 17.2. The molecule has 2 aromatic carbocycles. The van der Waals surface area contributed by atoms with E-state index in [9.17, 15) is 8.42 Å². The van der Waals surface area contributed by atoms with E-state index in [1.807, 2.05) is 55.5 Å². The Morgan fingerprint density at radius 1 is 1.18 bits per heavy atom. The topological polar surface area (TPSA) is 72.5 Å². The Morgan fingerprint density at radius 3 is 2.67 bits per heavy atom. The SMILES string of the molecule is CN(C)CCS(=O)(=O)N1Cc2cc(Br)ccc2N(Cc2cnc[nH]2)CC1Cc1ccccc1. The van der Waals surface area contributed by atoms with Crippen molar-refractivity contribution in [2.45, 2.75) is 25.6 Å². The van der Waals surface area contributed by atoms with Crippen molar-refractivity contribution in [3.8, 4) is 0 Å². The van der Waals surface area contributed by atoms with Gasteiger partial charge >= 0.3 is 0 Å². The Kier molecular flexibility index (Phi) is 7.53. The average molecular weight is 533 g/mol. The molecule has 1 aliphatic rings. The molecule has 0 amide bonds. The van der Waals surface area contributed by atoms with Crippen molar-refractivity contribution in [2.75, 3.05) is 37.8 Å². The molecule has 176 valence electrons. The van der Waals surface area contributed by atoms with Gasteiger partial charge in [0.05, 0.1) is 24.3 Å². The maximum absolute atomic E-state index is 13.6. The molecule has 1 aliphatic heterocycles. The van der Waals surface area contributed by atoms with Crippen molar-refractivity contribution in [2.24, 2.45) is 0 Å². The zero-order valence-electron chi connectivity index (χ0n) is 19.0. The molecule has 1 atom stereocenters. The van der Waals surface area contributed by atoms with E-state index in [1.54, 1.807) is 10.6 Å². The van der Waals surface area contributed by atoms with Gasteiger partial charge in [0.15, 0.2) is 0 Å². The van der Waals surface area contributed by atoms with Gasteiger partial charge in [0.1, 0.15) is 0 Å². The Balaban J connectivity index is 1.74. The maximum atomic E-state index is 13.6. The van der Waals surface area contributed by atoms with Gasteiger partial charge in [-0.05, 0) is 49.8 Å². The Morgan fingerprint density at radius 2 is 1.97 bits per heavy atom. The molecule has 1 unspecified atom stereocenters. The van der Waals surface area contributed by atoms with Crippen LogP contribution >= 0.6 is 15.9 Å². The first-order valence-electron chi connectivity index (χ1n) is 11.0. The number of nitrogens with zero attached hydrogens (tertiary/aromatic N) is 4. The van der Waals surface area contributed by atoms with Crippen molar-refractivity contribution in [1.82, 2.24) is 19.2 Å². The number of hydrogen-bond acceptors (Lipinski definition) is 5. The molecule has 0 spiro atoms. The average Bonchev–Trinajstić information content (AvgIpc) is 3.24. The highest BCUT2D eigenvalue weighted by atomic mass is 79.9. The Hall–Kier alpha value is -2.20. The molecule has 1 aromatic heterocycles. The second-order valence-corrected chi connectivity index (χ2v) is 11.7. The van der Waals surface area contributed by atoms with Crippen LogP contribution in [0.4, 0.5) is 5.69 Å². The minimum absolute atomic E-state index is 0.0924. The van der Waals surface area contributed by atoms with Crippen molar-refractivity contribution < 1.29 is 8.42 Å². The quantitative estimate of drug-likeness (QED) is 0.481. The third kappa shape index (κ3) is 6.03. The van der Waals surface area contributed by atoms with Crippen molar-refractivity contribution in [1.29, 1.82) is 0 Å². The number of benzene rings is 2. The van der Waals surface area contributed by atoms with Gasteiger partial charge < -0.3 is 14.8 Å². The summed E-state index contributed by atoms with van der Waals surface area (Å²) in [7, 11) is 0.319. The number of nitrogens with one attached hydrogen (secondary N) is 1. The van der Waals surface area contributed by atoms with E-state index in [0.29, 0.717) is 32.6 Å². The van der Waals surface area contributed by atoms with Gasteiger partial charge in [-0.25, -0.2) is 13.4 Å². The molecule has 3 aromatic rings. The molecule has 1 N–H and O–H groups in total. The Labute approximate surface area is 204 Å². The van der Waals surface area contributed by atoms with E-state index >= 15 is 0 Å². The summed E-state index contributed by atoms with van der Waals surface area (Å²) < 4.78 is 29.9. The molecule has 4 rings (SSSR count). The van der Waals surface area contributed by atoms with Crippen molar-refractivity contribution in [3.05, 3.63) is 82.3 Å². The number of aromatic amines is 1.